The second-order valence-corrected chi connectivity index (χ2v) is 1.65. The summed E-state index contributed by atoms with van der Waals surface area (Å²) in [6, 6.07) is 0. The van der Waals surface area contributed by atoms with Gasteiger partial charge in [-0.15, -0.1) is 10.2 Å². The molecule has 0 fully saturated rings. The summed E-state index contributed by atoms with van der Waals surface area (Å²) in [7, 11) is 0. The fraction of sp³-hybridized carbons (Fsp3) is 0.200. The molecule has 1 aromatic rings. The molecule has 0 spiro atoms. The lowest BCUT2D eigenvalue weighted by Gasteiger charge is -1.96. The molecule has 0 radical (unpaired) electrons. The maximum absolute atomic E-state index is 11.7. The largest absolute Gasteiger partial charge is 0.470 e. The van der Waals surface area contributed by atoms with E-state index in [4.69, 9.17) is 0 Å². The van der Waals surface area contributed by atoms with Gasteiger partial charge in [-0.2, -0.15) is 13.2 Å². The SMILES string of the molecule is C=Cc1nnc(C(F)(F)F)o1. The highest BCUT2D eigenvalue weighted by Crippen LogP contribution is 2.27. The lowest BCUT2D eigenvalue weighted by molar-refractivity contribution is -0.157. The van der Waals surface area contributed by atoms with Gasteiger partial charge in [0.1, 0.15) is 0 Å². The molecular weight excluding hydrogens is 161 g/mol. The smallest absolute Gasteiger partial charge is 0.413 e. The van der Waals surface area contributed by atoms with Crippen molar-refractivity contribution in [2.24, 2.45) is 0 Å². The summed E-state index contributed by atoms with van der Waals surface area (Å²) in [5.41, 5.74) is 0. The molecule has 0 aromatic carbocycles. The van der Waals surface area contributed by atoms with Crippen molar-refractivity contribution < 1.29 is 17.6 Å². The van der Waals surface area contributed by atoms with Gasteiger partial charge in [0.05, 0.1) is 0 Å². The Labute approximate surface area is 59.5 Å². The zero-order valence-corrected chi connectivity index (χ0v) is 5.22. The summed E-state index contributed by atoms with van der Waals surface area (Å²) < 4.78 is 39.3. The predicted octanol–water partition coefficient (Wildman–Crippen LogP) is 1.73. The first-order valence-electron chi connectivity index (χ1n) is 2.57. The molecule has 0 amide bonds. The molecule has 1 heterocycles. The molecule has 1 aromatic heterocycles. The minimum Gasteiger partial charge on any atom is -0.413 e. The van der Waals surface area contributed by atoms with E-state index in [1.165, 1.54) is 0 Å². The molecule has 60 valence electrons. The zero-order chi connectivity index (χ0) is 8.48. The Morgan fingerprint density at radius 2 is 2.00 bits per heavy atom. The van der Waals surface area contributed by atoms with E-state index in [0.29, 0.717) is 0 Å². The molecule has 0 N–H and O–H groups in total. The van der Waals surface area contributed by atoms with E-state index in [-0.39, 0.29) is 5.89 Å². The second-order valence-electron chi connectivity index (χ2n) is 1.65. The van der Waals surface area contributed by atoms with Gasteiger partial charge in [-0.05, 0) is 6.08 Å². The van der Waals surface area contributed by atoms with E-state index >= 15 is 0 Å². The van der Waals surface area contributed by atoms with Crippen LogP contribution in [0.4, 0.5) is 13.2 Å². The van der Waals surface area contributed by atoms with Gasteiger partial charge in [-0.1, -0.05) is 6.58 Å². The number of rotatable bonds is 1. The second kappa shape index (κ2) is 2.37. The molecule has 0 aliphatic rings. The third-order valence-corrected chi connectivity index (χ3v) is 0.858. The highest BCUT2D eigenvalue weighted by Gasteiger charge is 2.37. The minimum absolute atomic E-state index is 0.239. The predicted molar refractivity (Wildman–Crippen MR) is 29.4 cm³/mol. The molecule has 3 nitrogen and oxygen atoms in total. The van der Waals surface area contributed by atoms with Crippen molar-refractivity contribution in [3.8, 4) is 0 Å². The van der Waals surface area contributed by atoms with E-state index in [1.54, 1.807) is 0 Å². The maximum atomic E-state index is 11.7. The van der Waals surface area contributed by atoms with E-state index in [0.717, 1.165) is 6.08 Å². The molecule has 0 aliphatic carbocycles. The molecule has 0 aliphatic heterocycles. The van der Waals surface area contributed by atoms with Crippen molar-refractivity contribution in [1.82, 2.24) is 10.2 Å². The molecule has 6 heteroatoms. The quantitative estimate of drug-likeness (QED) is 0.634. The van der Waals surface area contributed by atoms with Crippen molar-refractivity contribution in [3.05, 3.63) is 18.4 Å². The third-order valence-electron chi connectivity index (χ3n) is 0.858. The first-order chi connectivity index (χ1) is 5.04. The zero-order valence-electron chi connectivity index (χ0n) is 5.22. The van der Waals surface area contributed by atoms with Gasteiger partial charge in [0.2, 0.25) is 5.89 Å². The van der Waals surface area contributed by atoms with Crippen LogP contribution in [0.25, 0.3) is 6.08 Å². The van der Waals surface area contributed by atoms with Crippen molar-refractivity contribution in [2.75, 3.05) is 0 Å². The number of aromatic nitrogens is 2. The molecular formula is C5H3F3N2O. The highest BCUT2D eigenvalue weighted by atomic mass is 19.4. The van der Waals surface area contributed by atoms with Gasteiger partial charge < -0.3 is 4.42 Å². The van der Waals surface area contributed by atoms with Crippen LogP contribution in [0.15, 0.2) is 11.0 Å². The van der Waals surface area contributed by atoms with Crippen molar-refractivity contribution in [2.45, 2.75) is 6.18 Å². The minimum atomic E-state index is -4.58. The maximum Gasteiger partial charge on any atom is 0.470 e. The van der Waals surface area contributed by atoms with Crippen molar-refractivity contribution in [3.63, 3.8) is 0 Å². The number of nitrogens with zero attached hydrogens (tertiary/aromatic N) is 2. The fourth-order valence-corrected chi connectivity index (χ4v) is 0.432. The molecule has 0 unspecified atom stereocenters. The fourth-order valence-electron chi connectivity index (χ4n) is 0.432. The van der Waals surface area contributed by atoms with Crippen LogP contribution in [0.3, 0.4) is 0 Å². The summed E-state index contributed by atoms with van der Waals surface area (Å²) in [6.07, 6.45) is -3.53. The molecule has 0 bridgehead atoms. The first-order valence-corrected chi connectivity index (χ1v) is 2.57. The van der Waals surface area contributed by atoms with Crippen LogP contribution in [0, 0.1) is 0 Å². The van der Waals surface area contributed by atoms with Gasteiger partial charge >= 0.3 is 12.1 Å². The van der Waals surface area contributed by atoms with Gasteiger partial charge in [0, 0.05) is 0 Å². The average Bonchev–Trinajstić information content (AvgIpc) is 2.32. The average molecular weight is 164 g/mol. The van der Waals surface area contributed by atoms with Crippen LogP contribution in [0.1, 0.15) is 11.8 Å². The van der Waals surface area contributed by atoms with Crippen molar-refractivity contribution >= 4 is 6.08 Å². The van der Waals surface area contributed by atoms with Gasteiger partial charge in [-0.25, -0.2) is 0 Å². The van der Waals surface area contributed by atoms with Crippen LogP contribution >= 0.6 is 0 Å². The standard InChI is InChI=1S/C5H3F3N2O/c1-2-3-9-10-4(11-3)5(6,7)8/h2H,1H2. The summed E-state index contributed by atoms with van der Waals surface area (Å²) in [4.78, 5) is 0. The topological polar surface area (TPSA) is 38.9 Å². The Morgan fingerprint density at radius 3 is 2.27 bits per heavy atom. The first kappa shape index (κ1) is 7.77. The molecule has 0 saturated carbocycles. The number of hydrogen-bond donors (Lipinski definition) is 0. The van der Waals surface area contributed by atoms with Gasteiger partial charge in [-0.3, -0.25) is 0 Å². The Balaban J connectivity index is 2.98. The molecule has 0 saturated heterocycles. The van der Waals surface area contributed by atoms with E-state index < -0.39 is 12.1 Å². The third kappa shape index (κ3) is 1.57. The van der Waals surface area contributed by atoms with Crippen LogP contribution < -0.4 is 0 Å². The van der Waals surface area contributed by atoms with Crippen LogP contribution in [-0.2, 0) is 6.18 Å². The number of alkyl halides is 3. The van der Waals surface area contributed by atoms with Crippen LogP contribution in [0.5, 0.6) is 0 Å². The Morgan fingerprint density at radius 1 is 1.36 bits per heavy atom. The summed E-state index contributed by atoms with van der Waals surface area (Å²) >= 11 is 0. The summed E-state index contributed by atoms with van der Waals surface area (Å²) in [5, 5.41) is 5.79. The van der Waals surface area contributed by atoms with E-state index in [2.05, 4.69) is 21.2 Å². The Bertz CT molecular complexity index is 265. The normalized spacial score (nSPS) is 11.5. The Kier molecular flexibility index (Phi) is 1.67. The van der Waals surface area contributed by atoms with Crippen LogP contribution in [-0.4, -0.2) is 10.2 Å². The highest BCUT2D eigenvalue weighted by molar-refractivity contribution is 5.32. The summed E-state index contributed by atoms with van der Waals surface area (Å²) in [5.74, 6) is -1.59. The van der Waals surface area contributed by atoms with Gasteiger partial charge in [0.25, 0.3) is 0 Å². The lowest BCUT2D eigenvalue weighted by atomic mass is 10.6. The number of hydrogen-bond acceptors (Lipinski definition) is 3. The van der Waals surface area contributed by atoms with E-state index in [9.17, 15) is 13.2 Å². The number of halogens is 3. The van der Waals surface area contributed by atoms with Crippen LogP contribution in [0.2, 0.25) is 0 Å². The molecule has 1 rings (SSSR count). The summed E-state index contributed by atoms with van der Waals surface area (Å²) in [6.45, 7) is 3.16. The Hall–Kier alpha value is -1.33. The molecule has 11 heavy (non-hydrogen) atoms. The monoisotopic (exact) mass is 164 g/mol. The lowest BCUT2D eigenvalue weighted by Crippen LogP contribution is -2.04. The molecule has 0 atom stereocenters. The van der Waals surface area contributed by atoms with Gasteiger partial charge in [0.15, 0.2) is 0 Å². The van der Waals surface area contributed by atoms with Crippen molar-refractivity contribution in [1.29, 1.82) is 0 Å². The van der Waals surface area contributed by atoms with E-state index in [1.807, 2.05) is 0 Å².